The van der Waals surface area contributed by atoms with Crippen molar-refractivity contribution in [2.75, 3.05) is 25.5 Å². The number of nitrogens with one attached hydrogen (secondary N) is 1. The second-order valence-electron chi connectivity index (χ2n) is 10.9. The highest BCUT2D eigenvalue weighted by atomic mass is 32.2. The largest absolute Gasteiger partial charge is 0.495 e. The van der Waals surface area contributed by atoms with Gasteiger partial charge in [0.25, 0.3) is 0 Å². The van der Waals surface area contributed by atoms with Crippen molar-refractivity contribution < 1.29 is 13.2 Å². The number of piperidine rings is 3. The van der Waals surface area contributed by atoms with Crippen LogP contribution in [0, 0.1) is 5.92 Å². The van der Waals surface area contributed by atoms with E-state index in [-0.39, 0.29) is 17.5 Å². The molecule has 0 unspecified atom stereocenters. The van der Waals surface area contributed by atoms with Gasteiger partial charge in [-0.25, -0.2) is 8.42 Å². The summed E-state index contributed by atoms with van der Waals surface area (Å²) in [6, 6.07) is 26.9. The molecule has 3 aliphatic rings. The smallest absolute Gasteiger partial charge is 0.180 e. The van der Waals surface area contributed by atoms with E-state index >= 15 is 0 Å². The molecule has 3 aliphatic heterocycles. The van der Waals surface area contributed by atoms with E-state index in [2.05, 4.69) is 77.8 Å². The zero-order chi connectivity index (χ0) is 26.2. The molecule has 0 aliphatic carbocycles. The summed E-state index contributed by atoms with van der Waals surface area (Å²) >= 11 is 0. The van der Waals surface area contributed by atoms with Crippen molar-refractivity contribution in [2.24, 2.45) is 5.92 Å². The van der Waals surface area contributed by atoms with Gasteiger partial charge in [0.1, 0.15) is 5.75 Å². The Kier molecular flexibility index (Phi) is 7.08. The maximum absolute atomic E-state index is 13.0. The highest BCUT2D eigenvalue weighted by Gasteiger charge is 2.55. The van der Waals surface area contributed by atoms with Crippen LogP contribution in [0.4, 0.5) is 5.69 Å². The van der Waals surface area contributed by atoms with Gasteiger partial charge < -0.3 is 10.1 Å². The molecule has 0 saturated carbocycles. The van der Waals surface area contributed by atoms with Crippen LogP contribution in [0.15, 0.2) is 83.8 Å². The minimum atomic E-state index is -3.41. The van der Waals surface area contributed by atoms with Crippen LogP contribution in [-0.2, 0) is 9.84 Å². The number of sulfone groups is 1. The zero-order valence-electron chi connectivity index (χ0n) is 22.2. The molecule has 196 valence electrons. The van der Waals surface area contributed by atoms with Crippen molar-refractivity contribution in [2.45, 2.75) is 61.3 Å². The molecule has 37 heavy (non-hydrogen) atoms. The summed E-state index contributed by atoms with van der Waals surface area (Å²) in [5, 5.41) is 3.37. The molecule has 2 bridgehead atoms. The van der Waals surface area contributed by atoms with Crippen LogP contribution in [0.3, 0.4) is 0 Å². The van der Waals surface area contributed by atoms with E-state index in [0.29, 0.717) is 16.6 Å². The Bertz CT molecular complexity index is 1280. The molecule has 5 nitrogen and oxygen atoms in total. The second kappa shape index (κ2) is 10.1. The number of rotatable bonds is 8. The van der Waals surface area contributed by atoms with Crippen LogP contribution < -0.4 is 10.1 Å². The molecule has 3 heterocycles. The molecule has 0 spiro atoms. The fourth-order valence-electron chi connectivity index (χ4n) is 6.59. The van der Waals surface area contributed by atoms with Gasteiger partial charge in [-0.2, -0.15) is 0 Å². The molecule has 0 aromatic heterocycles. The predicted molar refractivity (Wildman–Crippen MR) is 150 cm³/mol. The van der Waals surface area contributed by atoms with E-state index in [1.807, 2.05) is 0 Å². The lowest BCUT2D eigenvalue weighted by Gasteiger charge is -2.61. The number of benzene rings is 3. The summed E-state index contributed by atoms with van der Waals surface area (Å²) in [5.41, 5.74) is 3.09. The van der Waals surface area contributed by atoms with E-state index < -0.39 is 15.1 Å². The van der Waals surface area contributed by atoms with Crippen molar-refractivity contribution in [1.29, 1.82) is 0 Å². The fourth-order valence-corrected chi connectivity index (χ4v) is 7.67. The number of fused-ring (bicyclic) bond motifs is 3. The molecule has 3 saturated heterocycles. The molecule has 0 amide bonds. The normalized spacial score (nSPS) is 25.4. The van der Waals surface area contributed by atoms with Gasteiger partial charge in [0, 0.05) is 17.5 Å². The lowest BCUT2D eigenvalue weighted by atomic mass is 9.62. The molecule has 3 aromatic rings. The third kappa shape index (κ3) is 4.55. The predicted octanol–water partition coefficient (Wildman–Crippen LogP) is 5.97. The van der Waals surface area contributed by atoms with E-state index in [9.17, 15) is 8.42 Å². The summed E-state index contributed by atoms with van der Waals surface area (Å²) in [4.78, 5) is 2.98. The van der Waals surface area contributed by atoms with E-state index in [4.69, 9.17) is 4.74 Å². The Hall–Kier alpha value is -2.83. The highest BCUT2D eigenvalue weighted by Crippen LogP contribution is 2.51. The Morgan fingerprint density at radius 1 is 0.919 bits per heavy atom. The number of anilines is 1. The van der Waals surface area contributed by atoms with Crippen molar-refractivity contribution in [3.63, 3.8) is 0 Å². The first-order chi connectivity index (χ1) is 17.8. The van der Waals surface area contributed by atoms with Crippen molar-refractivity contribution in [3.05, 3.63) is 90.0 Å². The highest BCUT2D eigenvalue weighted by molar-refractivity contribution is 7.92. The SMILES string of the molecule is COc1ccc(S(=O)(=O)C(C)C)cc1N[C@H]1C2CCN(CC2)[C@@]1(C)C(c1ccccc1)c1ccccc1. The minimum Gasteiger partial charge on any atom is -0.495 e. The minimum absolute atomic E-state index is 0.103. The zero-order valence-corrected chi connectivity index (χ0v) is 23.0. The molecule has 2 atom stereocenters. The third-order valence-electron chi connectivity index (χ3n) is 8.60. The summed E-state index contributed by atoms with van der Waals surface area (Å²) in [7, 11) is -1.77. The van der Waals surface area contributed by atoms with Crippen molar-refractivity contribution in [3.8, 4) is 5.75 Å². The number of methoxy groups -OCH3 is 1. The van der Waals surface area contributed by atoms with Gasteiger partial charge in [-0.05, 0) is 81.9 Å². The summed E-state index contributed by atoms with van der Waals surface area (Å²) in [6.07, 6.45) is 2.24. The molecule has 6 rings (SSSR count). The van der Waals surface area contributed by atoms with E-state index in [1.165, 1.54) is 11.1 Å². The molecular weight excluding hydrogens is 480 g/mol. The number of ether oxygens (including phenoxy) is 1. The molecular formula is C31H38N2O3S. The van der Waals surface area contributed by atoms with Gasteiger partial charge in [-0.3, -0.25) is 4.90 Å². The Morgan fingerprint density at radius 3 is 2.00 bits per heavy atom. The first-order valence-corrected chi connectivity index (χ1v) is 14.8. The lowest BCUT2D eigenvalue weighted by molar-refractivity contribution is -0.0401. The van der Waals surface area contributed by atoms with Crippen LogP contribution in [-0.4, -0.2) is 50.3 Å². The van der Waals surface area contributed by atoms with E-state index in [1.54, 1.807) is 39.2 Å². The Morgan fingerprint density at radius 2 is 1.49 bits per heavy atom. The van der Waals surface area contributed by atoms with Crippen molar-refractivity contribution in [1.82, 2.24) is 4.90 Å². The van der Waals surface area contributed by atoms with Crippen LogP contribution in [0.5, 0.6) is 5.75 Å². The van der Waals surface area contributed by atoms with Gasteiger partial charge in [-0.1, -0.05) is 60.7 Å². The monoisotopic (exact) mass is 518 g/mol. The molecule has 6 heteroatoms. The maximum atomic E-state index is 13.0. The summed E-state index contributed by atoms with van der Waals surface area (Å²) < 4.78 is 31.8. The standard InChI is InChI=1S/C31H38N2O3S/c1-22(2)37(34,35)26-15-16-28(36-4)27(21-26)32-30-25-17-19-33(20-18-25)31(30,3)29(23-11-7-5-8-12-23)24-13-9-6-10-14-24/h5-16,21-22,25,29-30,32H,17-20H2,1-4H3/t30-,31-/m0/s1. The first-order valence-electron chi connectivity index (χ1n) is 13.3. The summed E-state index contributed by atoms with van der Waals surface area (Å²) in [5.74, 6) is 1.28. The number of hydrogen-bond acceptors (Lipinski definition) is 5. The van der Waals surface area contributed by atoms with E-state index in [0.717, 1.165) is 31.6 Å². The van der Waals surface area contributed by atoms with Crippen LogP contribution >= 0.6 is 0 Å². The third-order valence-corrected chi connectivity index (χ3v) is 10.8. The Balaban J connectivity index is 1.63. The molecule has 0 radical (unpaired) electrons. The quantitative estimate of drug-likeness (QED) is 0.398. The van der Waals surface area contributed by atoms with Gasteiger partial charge in [0.15, 0.2) is 9.84 Å². The number of hydrogen-bond donors (Lipinski definition) is 1. The molecule has 1 N–H and O–H groups in total. The molecule has 3 aromatic carbocycles. The average Bonchev–Trinajstić information content (AvgIpc) is 2.92. The molecule has 3 fully saturated rings. The average molecular weight is 519 g/mol. The topological polar surface area (TPSA) is 58.6 Å². The van der Waals surface area contributed by atoms with Crippen molar-refractivity contribution >= 4 is 15.5 Å². The van der Waals surface area contributed by atoms with Crippen LogP contribution in [0.1, 0.15) is 50.7 Å². The number of nitrogens with zero attached hydrogens (tertiary/aromatic N) is 1. The summed E-state index contributed by atoms with van der Waals surface area (Å²) in [6.45, 7) is 7.97. The van der Waals surface area contributed by atoms with Crippen LogP contribution in [0.25, 0.3) is 0 Å². The first kappa shape index (κ1) is 25.8. The van der Waals surface area contributed by atoms with Gasteiger partial charge in [-0.15, -0.1) is 0 Å². The Labute approximate surface area is 221 Å². The fraction of sp³-hybridized carbons (Fsp3) is 0.419. The van der Waals surface area contributed by atoms with Crippen LogP contribution in [0.2, 0.25) is 0 Å². The second-order valence-corrected chi connectivity index (χ2v) is 13.4. The maximum Gasteiger partial charge on any atom is 0.180 e. The van der Waals surface area contributed by atoms with Gasteiger partial charge >= 0.3 is 0 Å². The van der Waals surface area contributed by atoms with Gasteiger partial charge in [0.05, 0.1) is 22.9 Å². The van der Waals surface area contributed by atoms with Gasteiger partial charge in [0.2, 0.25) is 0 Å². The lowest BCUT2D eigenvalue weighted by Crippen LogP contribution is -2.70.